The molecule has 0 bridgehead atoms. The highest BCUT2D eigenvalue weighted by molar-refractivity contribution is 5.77. The maximum absolute atomic E-state index is 14.0. The summed E-state index contributed by atoms with van der Waals surface area (Å²) in [6.45, 7) is 2.91. The van der Waals surface area contributed by atoms with E-state index in [1.165, 1.54) is 23.8 Å². The molecule has 1 aliphatic heterocycles. The molecule has 1 saturated heterocycles. The number of amides is 1. The zero-order valence-corrected chi connectivity index (χ0v) is 19.2. The van der Waals surface area contributed by atoms with Gasteiger partial charge >= 0.3 is 0 Å². The summed E-state index contributed by atoms with van der Waals surface area (Å²) in [7, 11) is 0. The number of rotatable bonds is 8. The zero-order valence-electron chi connectivity index (χ0n) is 19.2. The molecule has 34 heavy (non-hydrogen) atoms. The van der Waals surface area contributed by atoms with Crippen molar-refractivity contribution in [2.75, 3.05) is 19.6 Å². The summed E-state index contributed by atoms with van der Waals surface area (Å²) in [4.78, 5) is 17.5. The van der Waals surface area contributed by atoms with Crippen LogP contribution in [0.4, 0.5) is 8.78 Å². The largest absolute Gasteiger partial charge is 0.337 e. The third-order valence-electron chi connectivity index (χ3n) is 6.40. The van der Waals surface area contributed by atoms with Crippen molar-refractivity contribution in [2.45, 2.75) is 37.9 Å². The number of piperazine rings is 1. The second-order valence-electron chi connectivity index (χ2n) is 9.05. The summed E-state index contributed by atoms with van der Waals surface area (Å²) >= 11 is 0. The van der Waals surface area contributed by atoms with Gasteiger partial charge in [-0.15, -0.1) is 0 Å². The van der Waals surface area contributed by atoms with Gasteiger partial charge in [0.05, 0.1) is 0 Å². The van der Waals surface area contributed by atoms with Gasteiger partial charge < -0.3 is 10.6 Å². The van der Waals surface area contributed by atoms with Gasteiger partial charge in [0.15, 0.2) is 0 Å². The molecule has 4 rings (SSSR count). The van der Waals surface area contributed by atoms with Crippen LogP contribution >= 0.6 is 0 Å². The highest BCUT2D eigenvalue weighted by Gasteiger charge is 2.31. The van der Waals surface area contributed by atoms with Gasteiger partial charge in [0.1, 0.15) is 11.6 Å². The van der Waals surface area contributed by atoms with Crippen LogP contribution in [0.3, 0.4) is 0 Å². The summed E-state index contributed by atoms with van der Waals surface area (Å²) in [5.74, 6) is -0.588. The Hall–Kier alpha value is -3.09. The molecule has 0 saturated carbocycles. The van der Waals surface area contributed by atoms with Crippen LogP contribution in [-0.2, 0) is 24.2 Å². The summed E-state index contributed by atoms with van der Waals surface area (Å²) in [6, 6.07) is 22.8. The molecule has 3 aromatic rings. The molecule has 6 heteroatoms. The number of hydrogen-bond donors (Lipinski definition) is 1. The minimum absolute atomic E-state index is 0.0182. The Balaban J connectivity index is 1.44. The molecular weight excluding hydrogens is 432 g/mol. The maximum atomic E-state index is 14.0. The number of carbonyl (C=O) groups excluding carboxylic acids is 1. The predicted molar refractivity (Wildman–Crippen MR) is 130 cm³/mol. The van der Waals surface area contributed by atoms with Crippen LogP contribution in [0.15, 0.2) is 78.9 Å². The lowest BCUT2D eigenvalue weighted by Crippen LogP contribution is -2.56. The monoisotopic (exact) mass is 463 g/mol. The Bertz CT molecular complexity index is 1070. The highest BCUT2D eigenvalue weighted by atomic mass is 19.1. The number of carbonyl (C=O) groups is 1. The Morgan fingerprint density at radius 2 is 1.62 bits per heavy atom. The minimum Gasteiger partial charge on any atom is -0.337 e. The van der Waals surface area contributed by atoms with Crippen molar-refractivity contribution >= 4 is 5.91 Å². The molecular formula is C28H31F2N3O. The first-order valence-electron chi connectivity index (χ1n) is 11.8. The lowest BCUT2D eigenvalue weighted by atomic mass is 9.99. The number of halogens is 2. The fourth-order valence-electron chi connectivity index (χ4n) is 4.66. The van der Waals surface area contributed by atoms with Crippen LogP contribution in [0.25, 0.3) is 0 Å². The van der Waals surface area contributed by atoms with Crippen molar-refractivity contribution in [3.05, 3.63) is 107 Å². The highest BCUT2D eigenvalue weighted by Crippen LogP contribution is 2.20. The SMILES string of the molecule is N[C@@H](CC(=O)N1CCN(Cc2ccccc2)C[C@H]1Cc1ccc(F)cc1)Cc1ccccc1F. The van der Waals surface area contributed by atoms with Crippen molar-refractivity contribution in [1.29, 1.82) is 0 Å². The van der Waals surface area contributed by atoms with Gasteiger partial charge in [-0.1, -0.05) is 60.7 Å². The van der Waals surface area contributed by atoms with E-state index in [1.54, 1.807) is 30.3 Å². The zero-order chi connectivity index (χ0) is 23.9. The Labute approximate surface area is 200 Å². The van der Waals surface area contributed by atoms with Gasteiger partial charge in [-0.05, 0) is 47.7 Å². The lowest BCUT2D eigenvalue weighted by Gasteiger charge is -2.42. The van der Waals surface area contributed by atoms with E-state index in [-0.39, 0.29) is 30.0 Å². The van der Waals surface area contributed by atoms with Crippen LogP contribution in [0, 0.1) is 11.6 Å². The summed E-state index contributed by atoms with van der Waals surface area (Å²) in [6.07, 6.45) is 1.11. The van der Waals surface area contributed by atoms with Gasteiger partial charge in [-0.2, -0.15) is 0 Å². The Morgan fingerprint density at radius 1 is 0.912 bits per heavy atom. The van der Waals surface area contributed by atoms with Crippen molar-refractivity contribution in [1.82, 2.24) is 9.80 Å². The van der Waals surface area contributed by atoms with Crippen LogP contribution in [0.1, 0.15) is 23.1 Å². The average Bonchev–Trinajstić information content (AvgIpc) is 2.83. The molecule has 1 heterocycles. The number of hydrogen-bond acceptors (Lipinski definition) is 3. The molecule has 0 spiro atoms. The third-order valence-corrected chi connectivity index (χ3v) is 6.40. The lowest BCUT2D eigenvalue weighted by molar-refractivity contribution is -0.136. The quantitative estimate of drug-likeness (QED) is 0.545. The first-order chi connectivity index (χ1) is 16.5. The topological polar surface area (TPSA) is 49.6 Å². The normalized spacial score (nSPS) is 17.5. The van der Waals surface area contributed by atoms with E-state index in [1.807, 2.05) is 23.1 Å². The molecule has 1 amide bonds. The van der Waals surface area contributed by atoms with Gasteiger partial charge in [0.25, 0.3) is 0 Å². The molecule has 1 aliphatic rings. The van der Waals surface area contributed by atoms with E-state index >= 15 is 0 Å². The molecule has 0 aliphatic carbocycles. The Morgan fingerprint density at radius 3 is 2.35 bits per heavy atom. The van der Waals surface area contributed by atoms with E-state index in [0.29, 0.717) is 24.9 Å². The molecule has 2 N–H and O–H groups in total. The molecule has 2 atom stereocenters. The predicted octanol–water partition coefficient (Wildman–Crippen LogP) is 4.18. The van der Waals surface area contributed by atoms with Crippen molar-refractivity contribution < 1.29 is 13.6 Å². The van der Waals surface area contributed by atoms with Gasteiger partial charge in [-0.25, -0.2) is 8.78 Å². The Kier molecular flexibility index (Phi) is 8.03. The third kappa shape index (κ3) is 6.49. The smallest absolute Gasteiger partial charge is 0.224 e. The number of benzene rings is 3. The number of nitrogens with two attached hydrogens (primary N) is 1. The van der Waals surface area contributed by atoms with E-state index in [0.717, 1.165) is 25.2 Å². The van der Waals surface area contributed by atoms with Crippen molar-refractivity contribution in [2.24, 2.45) is 5.73 Å². The maximum Gasteiger partial charge on any atom is 0.224 e. The molecule has 3 aromatic carbocycles. The van der Waals surface area contributed by atoms with E-state index < -0.39 is 6.04 Å². The molecule has 0 unspecified atom stereocenters. The summed E-state index contributed by atoms with van der Waals surface area (Å²) < 4.78 is 27.4. The standard InChI is InChI=1S/C28H31F2N3O/c29-24-12-10-21(11-13-24)16-26-20-32(19-22-6-2-1-3-7-22)14-15-33(26)28(34)18-25(31)17-23-8-4-5-9-27(23)30/h1-13,25-26H,14-20,31H2/t25-,26-/m1/s1. The fraction of sp³-hybridized carbons (Fsp3) is 0.321. The van der Waals surface area contributed by atoms with Crippen LogP contribution < -0.4 is 5.73 Å². The van der Waals surface area contributed by atoms with Crippen molar-refractivity contribution in [3.8, 4) is 0 Å². The average molecular weight is 464 g/mol. The number of nitrogens with zero attached hydrogens (tertiary/aromatic N) is 2. The molecule has 0 radical (unpaired) electrons. The minimum atomic E-state index is -0.460. The first kappa shape index (κ1) is 24.0. The molecule has 4 nitrogen and oxygen atoms in total. The van der Waals surface area contributed by atoms with Crippen LogP contribution in [0.2, 0.25) is 0 Å². The van der Waals surface area contributed by atoms with Gasteiger partial charge in [-0.3, -0.25) is 9.69 Å². The van der Waals surface area contributed by atoms with Crippen molar-refractivity contribution in [3.63, 3.8) is 0 Å². The van der Waals surface area contributed by atoms with E-state index in [9.17, 15) is 13.6 Å². The van der Waals surface area contributed by atoms with Gasteiger partial charge in [0.2, 0.25) is 5.91 Å². The molecule has 178 valence electrons. The van der Waals surface area contributed by atoms with Gasteiger partial charge in [0, 0.05) is 44.7 Å². The second-order valence-corrected chi connectivity index (χ2v) is 9.05. The second kappa shape index (κ2) is 11.4. The van der Waals surface area contributed by atoms with Crippen LogP contribution in [-0.4, -0.2) is 47.4 Å². The summed E-state index contributed by atoms with van der Waals surface area (Å²) in [5, 5.41) is 0. The molecule has 0 aromatic heterocycles. The van der Waals surface area contributed by atoms with E-state index in [4.69, 9.17) is 5.73 Å². The summed E-state index contributed by atoms with van der Waals surface area (Å²) in [5.41, 5.74) is 9.00. The molecule has 1 fully saturated rings. The van der Waals surface area contributed by atoms with Crippen LogP contribution in [0.5, 0.6) is 0 Å². The van der Waals surface area contributed by atoms with E-state index in [2.05, 4.69) is 17.0 Å². The first-order valence-corrected chi connectivity index (χ1v) is 11.8. The fourth-order valence-corrected chi connectivity index (χ4v) is 4.66.